The molecule has 3 aromatic rings. The number of hydrogen-bond donors (Lipinski definition) is 1. The summed E-state index contributed by atoms with van der Waals surface area (Å²) in [6.07, 6.45) is 0. The zero-order valence-corrected chi connectivity index (χ0v) is 15.2. The number of halogens is 4. The molecule has 0 unspecified atom stereocenters. The Hall–Kier alpha value is -2.91. The molecule has 0 aromatic heterocycles. The monoisotopic (exact) mass is 411 g/mol. The highest BCUT2D eigenvalue weighted by atomic mass is 32.2. The van der Waals surface area contributed by atoms with Gasteiger partial charge in [-0.15, -0.1) is 0 Å². The van der Waals surface area contributed by atoms with Crippen molar-refractivity contribution in [3.05, 3.63) is 71.8 Å². The summed E-state index contributed by atoms with van der Waals surface area (Å²) in [5.74, 6) is -6.68. The van der Waals surface area contributed by atoms with Crippen LogP contribution in [0.15, 0.2) is 53.4 Å². The van der Waals surface area contributed by atoms with E-state index in [2.05, 4.69) is 0 Å². The second kappa shape index (κ2) is 7.25. The molecule has 0 aliphatic heterocycles. The molecule has 9 heteroatoms. The van der Waals surface area contributed by atoms with Gasteiger partial charge in [0.25, 0.3) is 0 Å². The van der Waals surface area contributed by atoms with Gasteiger partial charge in [-0.25, -0.2) is 31.1 Å². The molecular formula is C19H13F4NO3S. The van der Waals surface area contributed by atoms with Crippen LogP contribution in [0.25, 0.3) is 22.3 Å². The number of ether oxygens (including phenoxy) is 1. The van der Waals surface area contributed by atoms with Crippen molar-refractivity contribution in [1.29, 1.82) is 0 Å². The van der Waals surface area contributed by atoms with Gasteiger partial charge in [0.1, 0.15) is 5.75 Å². The summed E-state index contributed by atoms with van der Waals surface area (Å²) in [7, 11) is -2.61. The molecule has 0 spiro atoms. The lowest BCUT2D eigenvalue weighted by atomic mass is 9.93. The van der Waals surface area contributed by atoms with E-state index in [-0.39, 0.29) is 16.0 Å². The fraction of sp³-hybridized carbons (Fsp3) is 0.0526. The first-order valence-electron chi connectivity index (χ1n) is 7.78. The molecule has 4 nitrogen and oxygen atoms in total. The molecule has 0 saturated carbocycles. The van der Waals surface area contributed by atoms with Gasteiger partial charge in [-0.3, -0.25) is 0 Å². The van der Waals surface area contributed by atoms with E-state index in [1.54, 1.807) is 0 Å². The second-order valence-electron chi connectivity index (χ2n) is 5.80. The van der Waals surface area contributed by atoms with E-state index in [9.17, 15) is 26.0 Å². The van der Waals surface area contributed by atoms with Crippen LogP contribution < -0.4 is 9.88 Å². The van der Waals surface area contributed by atoms with E-state index in [1.165, 1.54) is 31.4 Å². The number of hydrogen-bond acceptors (Lipinski definition) is 3. The lowest BCUT2D eigenvalue weighted by Crippen LogP contribution is -2.11. The van der Waals surface area contributed by atoms with Crippen molar-refractivity contribution in [2.45, 2.75) is 4.90 Å². The molecule has 146 valence electrons. The fourth-order valence-electron chi connectivity index (χ4n) is 2.74. The Labute approximate surface area is 158 Å². The average molecular weight is 411 g/mol. The van der Waals surface area contributed by atoms with Crippen LogP contribution in [0.4, 0.5) is 17.6 Å². The van der Waals surface area contributed by atoms with E-state index >= 15 is 0 Å². The first kappa shape index (κ1) is 19.8. The van der Waals surface area contributed by atoms with Crippen LogP contribution in [0.5, 0.6) is 5.75 Å². The van der Waals surface area contributed by atoms with Crippen LogP contribution in [0.1, 0.15) is 0 Å². The number of primary sulfonamides is 1. The summed E-state index contributed by atoms with van der Waals surface area (Å²) < 4.78 is 84.7. The van der Waals surface area contributed by atoms with Gasteiger partial charge in [0.05, 0.1) is 12.0 Å². The molecule has 0 saturated heterocycles. The lowest BCUT2D eigenvalue weighted by molar-refractivity contribution is 0.412. The van der Waals surface area contributed by atoms with Gasteiger partial charge in [-0.1, -0.05) is 24.3 Å². The molecule has 0 heterocycles. The van der Waals surface area contributed by atoms with Crippen molar-refractivity contribution in [3.63, 3.8) is 0 Å². The van der Waals surface area contributed by atoms with Gasteiger partial charge in [-0.05, 0) is 35.4 Å². The Bertz CT molecular complexity index is 1150. The maximum atomic E-state index is 14.6. The zero-order valence-electron chi connectivity index (χ0n) is 14.3. The SMILES string of the molecule is COc1ccc(-c2c(F)c(F)c(F)c(F)c2-c2ccc(S(N)(=O)=O)cc2)cc1. The molecule has 3 aromatic carbocycles. The molecule has 3 rings (SSSR count). The summed E-state index contributed by atoms with van der Waals surface area (Å²) >= 11 is 0. The summed E-state index contributed by atoms with van der Waals surface area (Å²) in [6, 6.07) is 9.97. The van der Waals surface area contributed by atoms with Crippen molar-refractivity contribution in [2.75, 3.05) is 7.11 Å². The molecule has 0 aliphatic carbocycles. The van der Waals surface area contributed by atoms with Crippen molar-refractivity contribution in [3.8, 4) is 28.0 Å². The van der Waals surface area contributed by atoms with Crippen LogP contribution in [0.3, 0.4) is 0 Å². The van der Waals surface area contributed by atoms with Gasteiger partial charge in [-0.2, -0.15) is 0 Å². The molecule has 2 N–H and O–H groups in total. The summed E-state index contributed by atoms with van der Waals surface area (Å²) in [4.78, 5) is -0.272. The predicted octanol–water partition coefficient (Wildman–Crippen LogP) is 4.23. The van der Waals surface area contributed by atoms with E-state index in [0.717, 1.165) is 24.3 Å². The van der Waals surface area contributed by atoms with Crippen molar-refractivity contribution in [2.24, 2.45) is 5.14 Å². The van der Waals surface area contributed by atoms with Gasteiger partial charge < -0.3 is 4.74 Å². The Balaban J connectivity index is 2.30. The highest BCUT2D eigenvalue weighted by molar-refractivity contribution is 7.89. The number of benzene rings is 3. The summed E-state index contributed by atoms with van der Waals surface area (Å²) in [5, 5.41) is 5.01. The normalized spacial score (nSPS) is 11.5. The van der Waals surface area contributed by atoms with E-state index in [1.807, 2.05) is 0 Å². The molecule has 0 bridgehead atoms. The highest BCUT2D eigenvalue weighted by Gasteiger charge is 2.27. The third kappa shape index (κ3) is 3.46. The highest BCUT2D eigenvalue weighted by Crippen LogP contribution is 2.39. The van der Waals surface area contributed by atoms with Gasteiger partial charge in [0.15, 0.2) is 23.3 Å². The zero-order chi connectivity index (χ0) is 20.6. The lowest BCUT2D eigenvalue weighted by Gasteiger charge is -2.15. The third-order valence-corrected chi connectivity index (χ3v) is 5.05. The van der Waals surface area contributed by atoms with Crippen LogP contribution >= 0.6 is 0 Å². The van der Waals surface area contributed by atoms with E-state index in [0.29, 0.717) is 5.75 Å². The molecule has 28 heavy (non-hydrogen) atoms. The third-order valence-electron chi connectivity index (χ3n) is 4.12. The first-order valence-corrected chi connectivity index (χ1v) is 9.33. The van der Waals surface area contributed by atoms with Crippen molar-refractivity contribution < 1.29 is 30.7 Å². The topological polar surface area (TPSA) is 69.4 Å². The maximum Gasteiger partial charge on any atom is 0.238 e. The number of rotatable bonds is 4. The van der Waals surface area contributed by atoms with Crippen LogP contribution in [0, 0.1) is 23.3 Å². The number of sulfonamides is 1. The first-order chi connectivity index (χ1) is 13.1. The van der Waals surface area contributed by atoms with Gasteiger partial charge >= 0.3 is 0 Å². The molecule has 0 fully saturated rings. The quantitative estimate of drug-likeness (QED) is 0.397. The number of methoxy groups -OCH3 is 1. The standard InChI is InChI=1S/C19H13F4NO3S/c1-27-12-6-2-10(3-7-12)14-15(17(21)19(23)18(22)16(14)20)11-4-8-13(9-5-11)28(24,25)26/h2-9H,1H3,(H2,24,25,26). The van der Waals surface area contributed by atoms with E-state index in [4.69, 9.17) is 9.88 Å². The number of nitrogens with two attached hydrogens (primary N) is 1. The maximum absolute atomic E-state index is 14.6. The van der Waals surface area contributed by atoms with Gasteiger partial charge in [0, 0.05) is 11.1 Å². The molecular weight excluding hydrogens is 398 g/mol. The van der Waals surface area contributed by atoms with Crippen LogP contribution in [0.2, 0.25) is 0 Å². The van der Waals surface area contributed by atoms with E-state index < -0.39 is 44.4 Å². The summed E-state index contributed by atoms with van der Waals surface area (Å²) in [5.41, 5.74) is -1.06. The molecule has 0 atom stereocenters. The Morgan fingerprint density at radius 3 is 1.46 bits per heavy atom. The Morgan fingerprint density at radius 1 is 0.714 bits per heavy atom. The average Bonchev–Trinajstić information content (AvgIpc) is 2.68. The van der Waals surface area contributed by atoms with Crippen molar-refractivity contribution in [1.82, 2.24) is 0 Å². The second-order valence-corrected chi connectivity index (χ2v) is 7.37. The largest absolute Gasteiger partial charge is 0.497 e. The minimum Gasteiger partial charge on any atom is -0.497 e. The van der Waals surface area contributed by atoms with Crippen LogP contribution in [-0.2, 0) is 10.0 Å². The minimum absolute atomic E-state index is 0.0616. The molecule has 0 aliphatic rings. The Morgan fingerprint density at radius 2 is 1.11 bits per heavy atom. The van der Waals surface area contributed by atoms with Crippen molar-refractivity contribution >= 4 is 10.0 Å². The van der Waals surface area contributed by atoms with Gasteiger partial charge in [0.2, 0.25) is 10.0 Å². The smallest absolute Gasteiger partial charge is 0.238 e. The minimum atomic E-state index is -4.02. The fourth-order valence-corrected chi connectivity index (χ4v) is 3.26. The Kier molecular flexibility index (Phi) is 5.14. The van der Waals surface area contributed by atoms with Crippen LogP contribution in [-0.4, -0.2) is 15.5 Å². The molecule has 0 amide bonds. The predicted molar refractivity (Wildman–Crippen MR) is 95.1 cm³/mol. The molecule has 0 radical (unpaired) electrons. The summed E-state index contributed by atoms with van der Waals surface area (Å²) in [6.45, 7) is 0.